The van der Waals surface area contributed by atoms with Gasteiger partial charge >= 0.3 is 6.61 Å². The van der Waals surface area contributed by atoms with Crippen molar-refractivity contribution in [3.8, 4) is 23.3 Å². The first-order valence-electron chi connectivity index (χ1n) is 8.01. The van der Waals surface area contributed by atoms with Crippen LogP contribution in [0.25, 0.3) is 6.08 Å². The summed E-state index contributed by atoms with van der Waals surface area (Å²) in [4.78, 5) is 12.7. The highest BCUT2D eigenvalue weighted by Crippen LogP contribution is 2.31. The van der Waals surface area contributed by atoms with E-state index in [1.807, 2.05) is 6.07 Å². The third kappa shape index (κ3) is 5.05. The molecule has 0 saturated heterocycles. The maximum absolute atomic E-state index is 12.7. The van der Waals surface area contributed by atoms with Crippen molar-refractivity contribution < 1.29 is 27.8 Å². The molecule has 0 atom stereocenters. The van der Waals surface area contributed by atoms with Crippen molar-refractivity contribution in [2.24, 2.45) is 0 Å². The molecule has 0 aromatic heterocycles. The molecule has 0 fully saturated rings. The molecule has 0 spiro atoms. The average Bonchev–Trinajstić information content (AvgIpc) is 2.67. The Labute approximate surface area is 155 Å². The van der Waals surface area contributed by atoms with Crippen molar-refractivity contribution in [2.45, 2.75) is 13.5 Å². The van der Waals surface area contributed by atoms with Gasteiger partial charge in [0.1, 0.15) is 17.4 Å². The van der Waals surface area contributed by atoms with Crippen LogP contribution in [0.2, 0.25) is 0 Å². The number of alkyl halides is 2. The van der Waals surface area contributed by atoms with E-state index in [0.717, 1.165) is 0 Å². The smallest absolute Gasteiger partial charge is 0.387 e. The summed E-state index contributed by atoms with van der Waals surface area (Å²) in [7, 11) is 1.43. The van der Waals surface area contributed by atoms with Crippen molar-refractivity contribution in [1.29, 1.82) is 5.26 Å². The molecule has 2 aromatic rings. The summed E-state index contributed by atoms with van der Waals surface area (Å²) >= 11 is 0. The molecule has 0 amide bonds. The first-order chi connectivity index (χ1) is 13.0. The number of benzene rings is 2. The molecule has 0 aliphatic heterocycles. The molecule has 0 N–H and O–H groups in total. The Hall–Kier alpha value is -3.40. The van der Waals surface area contributed by atoms with Gasteiger partial charge in [0.15, 0.2) is 11.5 Å². The van der Waals surface area contributed by atoms with Gasteiger partial charge in [-0.2, -0.15) is 14.0 Å². The van der Waals surface area contributed by atoms with Crippen LogP contribution >= 0.6 is 0 Å². The topological polar surface area (TPSA) is 68.5 Å². The van der Waals surface area contributed by atoms with Gasteiger partial charge in [-0.25, -0.2) is 0 Å². The van der Waals surface area contributed by atoms with E-state index in [-0.39, 0.29) is 29.2 Å². The second-order valence-corrected chi connectivity index (χ2v) is 5.22. The zero-order chi connectivity index (χ0) is 19.8. The number of Topliss-reactive ketones (excluding diaryl/α,β-unsaturated/α-hetero) is 1. The number of methoxy groups -OCH3 is 1. The molecule has 27 heavy (non-hydrogen) atoms. The van der Waals surface area contributed by atoms with Crippen LogP contribution in [-0.4, -0.2) is 26.1 Å². The fourth-order valence-electron chi connectivity index (χ4n) is 2.37. The third-order valence-corrected chi connectivity index (χ3v) is 3.51. The molecule has 140 valence electrons. The fraction of sp³-hybridized carbons (Fsp3) is 0.200. The van der Waals surface area contributed by atoms with Crippen molar-refractivity contribution in [3.05, 3.63) is 59.2 Å². The summed E-state index contributed by atoms with van der Waals surface area (Å²) in [6.07, 6.45) is 1.35. The first kappa shape index (κ1) is 19.9. The number of hydrogen-bond donors (Lipinski definition) is 0. The van der Waals surface area contributed by atoms with E-state index < -0.39 is 12.4 Å². The second kappa shape index (κ2) is 9.34. The molecule has 0 saturated carbocycles. The van der Waals surface area contributed by atoms with E-state index in [2.05, 4.69) is 4.74 Å². The normalized spacial score (nSPS) is 11.0. The number of rotatable bonds is 8. The van der Waals surface area contributed by atoms with Gasteiger partial charge in [0, 0.05) is 0 Å². The van der Waals surface area contributed by atoms with Gasteiger partial charge in [-0.3, -0.25) is 4.79 Å². The molecular formula is C20H17F2NO4. The second-order valence-electron chi connectivity index (χ2n) is 5.22. The van der Waals surface area contributed by atoms with Crippen molar-refractivity contribution >= 4 is 11.9 Å². The Kier molecular flexibility index (Phi) is 6.89. The molecule has 5 nitrogen and oxygen atoms in total. The number of halogens is 2. The molecule has 0 heterocycles. The SMILES string of the molecule is CCOc1cc(/C=C(\C#N)C(=O)c2ccccc2OC)ccc1OC(F)F. The van der Waals surface area contributed by atoms with Crippen LogP contribution in [0.4, 0.5) is 8.78 Å². The number of ether oxygens (including phenoxy) is 3. The summed E-state index contributed by atoms with van der Waals surface area (Å²) in [5, 5.41) is 9.39. The molecule has 0 aliphatic rings. The number of para-hydroxylation sites is 1. The van der Waals surface area contributed by atoms with Gasteiger partial charge < -0.3 is 14.2 Å². The summed E-state index contributed by atoms with van der Waals surface area (Å²) in [5.74, 6) is -0.202. The first-order valence-corrected chi connectivity index (χ1v) is 8.01. The minimum atomic E-state index is -2.99. The largest absolute Gasteiger partial charge is 0.496 e. The van der Waals surface area contributed by atoms with Crippen LogP contribution in [0, 0.1) is 11.3 Å². The molecule has 0 radical (unpaired) electrons. The fourth-order valence-corrected chi connectivity index (χ4v) is 2.37. The van der Waals surface area contributed by atoms with Gasteiger partial charge in [-0.05, 0) is 42.8 Å². The summed E-state index contributed by atoms with van der Waals surface area (Å²) < 4.78 is 39.8. The molecule has 0 unspecified atom stereocenters. The van der Waals surface area contributed by atoms with Gasteiger partial charge in [0.2, 0.25) is 5.78 Å². The van der Waals surface area contributed by atoms with Crippen molar-refractivity contribution in [3.63, 3.8) is 0 Å². The van der Waals surface area contributed by atoms with E-state index in [0.29, 0.717) is 11.3 Å². The Balaban J connectivity index is 2.41. The van der Waals surface area contributed by atoms with Crippen LogP contribution in [0.15, 0.2) is 48.0 Å². The lowest BCUT2D eigenvalue weighted by Crippen LogP contribution is -2.05. The predicted octanol–water partition coefficient (Wildman–Crippen LogP) is 4.49. The molecule has 0 bridgehead atoms. The molecular weight excluding hydrogens is 356 g/mol. The number of ketones is 1. The van der Waals surface area contributed by atoms with E-state index >= 15 is 0 Å². The van der Waals surface area contributed by atoms with Crippen LogP contribution in [0.1, 0.15) is 22.8 Å². The minimum absolute atomic E-state index is 0.0913. The number of carbonyl (C=O) groups excluding carboxylic acids is 1. The van der Waals surface area contributed by atoms with Crippen molar-refractivity contribution in [1.82, 2.24) is 0 Å². The lowest BCUT2D eigenvalue weighted by Gasteiger charge is -2.12. The molecule has 0 aliphatic carbocycles. The van der Waals surface area contributed by atoms with Gasteiger partial charge in [-0.1, -0.05) is 18.2 Å². The summed E-state index contributed by atoms with van der Waals surface area (Å²) in [6, 6.07) is 12.6. The van der Waals surface area contributed by atoms with E-state index in [4.69, 9.17) is 9.47 Å². The molecule has 7 heteroatoms. The lowest BCUT2D eigenvalue weighted by molar-refractivity contribution is -0.0514. The Morgan fingerprint density at radius 3 is 2.56 bits per heavy atom. The van der Waals surface area contributed by atoms with Gasteiger partial charge in [0.05, 0.1) is 19.3 Å². The average molecular weight is 373 g/mol. The Morgan fingerprint density at radius 2 is 1.93 bits per heavy atom. The Morgan fingerprint density at radius 1 is 1.19 bits per heavy atom. The van der Waals surface area contributed by atoms with Crippen LogP contribution in [0.5, 0.6) is 17.2 Å². The number of carbonyl (C=O) groups is 1. The van der Waals surface area contributed by atoms with E-state index in [1.165, 1.54) is 31.4 Å². The molecule has 2 rings (SSSR count). The van der Waals surface area contributed by atoms with E-state index in [9.17, 15) is 18.8 Å². The quantitative estimate of drug-likeness (QED) is 0.388. The monoisotopic (exact) mass is 373 g/mol. The highest BCUT2D eigenvalue weighted by Gasteiger charge is 2.17. The van der Waals surface area contributed by atoms with Gasteiger partial charge in [-0.15, -0.1) is 0 Å². The minimum Gasteiger partial charge on any atom is -0.496 e. The lowest BCUT2D eigenvalue weighted by atomic mass is 10.0. The summed E-state index contributed by atoms with van der Waals surface area (Å²) in [6.45, 7) is -1.06. The highest BCUT2D eigenvalue weighted by atomic mass is 19.3. The van der Waals surface area contributed by atoms with Crippen LogP contribution in [-0.2, 0) is 0 Å². The third-order valence-electron chi connectivity index (χ3n) is 3.51. The number of nitrogens with zero attached hydrogens (tertiary/aromatic N) is 1. The Bertz CT molecular complexity index is 888. The zero-order valence-electron chi connectivity index (χ0n) is 14.7. The van der Waals surface area contributed by atoms with Crippen LogP contribution in [0.3, 0.4) is 0 Å². The zero-order valence-corrected chi connectivity index (χ0v) is 14.7. The number of nitriles is 1. The molecule has 2 aromatic carbocycles. The maximum Gasteiger partial charge on any atom is 0.387 e. The van der Waals surface area contributed by atoms with Gasteiger partial charge in [0.25, 0.3) is 0 Å². The van der Waals surface area contributed by atoms with Crippen LogP contribution < -0.4 is 14.2 Å². The van der Waals surface area contributed by atoms with Crippen molar-refractivity contribution in [2.75, 3.05) is 13.7 Å². The number of allylic oxidation sites excluding steroid dienone is 1. The predicted molar refractivity (Wildman–Crippen MR) is 95.2 cm³/mol. The standard InChI is InChI=1S/C20H17F2NO4/c1-3-26-18-11-13(8-9-17(18)27-20(21)22)10-14(12-23)19(24)15-6-4-5-7-16(15)25-2/h4-11,20H,3H2,1-2H3/b14-10+. The highest BCUT2D eigenvalue weighted by molar-refractivity contribution is 6.15. The van der Waals surface area contributed by atoms with E-state index in [1.54, 1.807) is 31.2 Å². The summed E-state index contributed by atoms with van der Waals surface area (Å²) in [5.41, 5.74) is 0.542. The maximum atomic E-state index is 12.7. The number of hydrogen-bond acceptors (Lipinski definition) is 5.